The minimum atomic E-state index is -1.18. The Morgan fingerprint density at radius 3 is 2.38 bits per heavy atom. The number of carboxylic acid groups (broad SMARTS) is 1. The number of aliphatic carboxylic acids is 1. The van der Waals surface area contributed by atoms with Gasteiger partial charge in [-0.05, 0) is 24.6 Å². The fraction of sp³-hybridized carbons (Fsp3) is 0.429. The molecule has 0 bridgehead atoms. The molecule has 1 rings (SSSR count). The van der Waals surface area contributed by atoms with Gasteiger partial charge in [-0.3, -0.25) is 0 Å². The predicted octanol–water partition coefficient (Wildman–Crippen LogP) is 1.88. The number of carbonyl (C=O) groups excluding carboxylic acids is 1. The van der Waals surface area contributed by atoms with E-state index in [1.165, 1.54) is 4.90 Å². The molecule has 116 valence electrons. The second-order valence-electron chi connectivity index (χ2n) is 4.69. The summed E-state index contributed by atoms with van der Waals surface area (Å²) in [7, 11) is 1.58. The molecule has 0 radical (unpaired) electrons. The van der Waals surface area contributed by atoms with Crippen LogP contribution >= 0.6 is 11.6 Å². The Balaban J connectivity index is 2.72. The molecular formula is C14H19ClN2O4. The van der Waals surface area contributed by atoms with Gasteiger partial charge < -0.3 is 20.4 Å². The molecule has 6 nitrogen and oxygen atoms in total. The van der Waals surface area contributed by atoms with Crippen LogP contribution in [0.3, 0.4) is 0 Å². The topological polar surface area (TPSA) is 89.9 Å². The number of carbonyl (C=O) groups is 2. The van der Waals surface area contributed by atoms with Gasteiger partial charge in [0.05, 0.1) is 6.04 Å². The molecule has 2 atom stereocenters. The van der Waals surface area contributed by atoms with Crippen molar-refractivity contribution in [3.05, 3.63) is 34.9 Å². The van der Waals surface area contributed by atoms with E-state index in [1.54, 1.807) is 31.3 Å². The molecule has 0 fully saturated rings. The lowest BCUT2D eigenvalue weighted by Crippen LogP contribution is -2.47. The molecule has 21 heavy (non-hydrogen) atoms. The summed E-state index contributed by atoms with van der Waals surface area (Å²) in [6.45, 7) is 1.51. The summed E-state index contributed by atoms with van der Waals surface area (Å²) in [5.41, 5.74) is 0.881. The number of amides is 2. The first-order valence-corrected chi connectivity index (χ1v) is 6.87. The second kappa shape index (κ2) is 7.85. The number of nitrogens with one attached hydrogen (secondary N) is 1. The van der Waals surface area contributed by atoms with E-state index in [1.807, 2.05) is 6.92 Å². The summed E-state index contributed by atoms with van der Waals surface area (Å²) in [5, 5.41) is 20.8. The lowest BCUT2D eigenvalue weighted by atomic mass is 10.1. The van der Waals surface area contributed by atoms with E-state index in [-0.39, 0.29) is 19.1 Å². The fourth-order valence-electron chi connectivity index (χ4n) is 1.78. The Labute approximate surface area is 128 Å². The standard InChI is InChI=1S/C14H19ClN2O4/c1-9(10-3-5-11(15)6-4-10)17(2)14(21)16-12(7-8-18)13(19)20/h3-6,9,12,18H,7-8H2,1-2H3,(H,16,21)(H,19,20)/t9?,12-/m0/s1. The third kappa shape index (κ3) is 4.91. The summed E-state index contributed by atoms with van der Waals surface area (Å²) < 4.78 is 0. The van der Waals surface area contributed by atoms with Gasteiger partial charge in [0.2, 0.25) is 0 Å². The zero-order chi connectivity index (χ0) is 16.0. The van der Waals surface area contributed by atoms with Crippen LogP contribution in [-0.4, -0.2) is 46.8 Å². The normalized spacial score (nSPS) is 13.3. The largest absolute Gasteiger partial charge is 0.480 e. The molecule has 0 heterocycles. The van der Waals surface area contributed by atoms with Gasteiger partial charge in [0, 0.05) is 25.1 Å². The van der Waals surface area contributed by atoms with E-state index >= 15 is 0 Å². The zero-order valence-electron chi connectivity index (χ0n) is 11.9. The fourth-order valence-corrected chi connectivity index (χ4v) is 1.90. The molecule has 0 aliphatic rings. The minimum Gasteiger partial charge on any atom is -0.480 e. The van der Waals surface area contributed by atoms with Gasteiger partial charge in [0.15, 0.2) is 0 Å². The first-order chi connectivity index (χ1) is 9.86. The quantitative estimate of drug-likeness (QED) is 0.748. The molecule has 3 N–H and O–H groups in total. The predicted molar refractivity (Wildman–Crippen MR) is 79.3 cm³/mol. The highest BCUT2D eigenvalue weighted by atomic mass is 35.5. The van der Waals surface area contributed by atoms with E-state index in [2.05, 4.69) is 5.32 Å². The van der Waals surface area contributed by atoms with Crippen LogP contribution < -0.4 is 5.32 Å². The minimum absolute atomic E-state index is 0.0375. The van der Waals surface area contributed by atoms with Crippen molar-refractivity contribution < 1.29 is 19.8 Å². The SMILES string of the molecule is CC(c1ccc(Cl)cc1)N(C)C(=O)N[C@@H](CCO)C(=O)O. The average Bonchev–Trinajstić information content (AvgIpc) is 2.45. The number of nitrogens with zero attached hydrogens (tertiary/aromatic N) is 1. The first-order valence-electron chi connectivity index (χ1n) is 6.49. The second-order valence-corrected chi connectivity index (χ2v) is 5.13. The smallest absolute Gasteiger partial charge is 0.326 e. The van der Waals surface area contributed by atoms with E-state index in [9.17, 15) is 9.59 Å². The number of hydrogen-bond donors (Lipinski definition) is 3. The number of urea groups is 1. The van der Waals surface area contributed by atoms with Crippen molar-refractivity contribution in [1.29, 1.82) is 0 Å². The highest BCUT2D eigenvalue weighted by Gasteiger charge is 2.23. The number of aliphatic hydroxyl groups excluding tert-OH is 1. The summed E-state index contributed by atoms with van der Waals surface area (Å²) in [5.74, 6) is -1.18. The van der Waals surface area contributed by atoms with Crippen molar-refractivity contribution >= 4 is 23.6 Å². The Kier molecular flexibility index (Phi) is 6.45. The number of carboxylic acids is 1. The molecule has 0 spiro atoms. The molecular weight excluding hydrogens is 296 g/mol. The summed E-state index contributed by atoms with van der Waals surface area (Å²) >= 11 is 5.82. The third-order valence-electron chi connectivity index (χ3n) is 3.27. The van der Waals surface area contributed by atoms with Gasteiger partial charge in [0.25, 0.3) is 0 Å². The maximum Gasteiger partial charge on any atom is 0.326 e. The number of aliphatic hydroxyl groups is 1. The molecule has 1 unspecified atom stereocenters. The van der Waals surface area contributed by atoms with E-state index in [4.69, 9.17) is 21.8 Å². The Bertz CT molecular complexity index is 492. The van der Waals surface area contributed by atoms with Crippen molar-refractivity contribution in [1.82, 2.24) is 10.2 Å². The van der Waals surface area contributed by atoms with Crippen LogP contribution in [0.4, 0.5) is 4.79 Å². The summed E-state index contributed by atoms with van der Waals surface area (Å²) in [4.78, 5) is 24.4. The van der Waals surface area contributed by atoms with Crippen molar-refractivity contribution in [3.63, 3.8) is 0 Å². The van der Waals surface area contributed by atoms with Crippen LogP contribution in [0.5, 0.6) is 0 Å². The lowest BCUT2D eigenvalue weighted by molar-refractivity contribution is -0.139. The van der Waals surface area contributed by atoms with Crippen LogP contribution in [0.15, 0.2) is 24.3 Å². The zero-order valence-corrected chi connectivity index (χ0v) is 12.7. The molecule has 0 aliphatic heterocycles. The van der Waals surface area contributed by atoms with Gasteiger partial charge in [-0.25, -0.2) is 9.59 Å². The molecule has 7 heteroatoms. The van der Waals surface area contributed by atoms with Gasteiger partial charge >= 0.3 is 12.0 Å². The number of halogens is 1. The highest BCUT2D eigenvalue weighted by Crippen LogP contribution is 2.20. The average molecular weight is 315 g/mol. The van der Waals surface area contributed by atoms with Crippen LogP contribution in [0.2, 0.25) is 5.02 Å². The Hall–Kier alpha value is -1.79. The summed E-state index contributed by atoms with van der Waals surface area (Å²) in [6, 6.07) is 5.19. The molecule has 0 saturated heterocycles. The molecule has 1 aromatic carbocycles. The van der Waals surface area contributed by atoms with Crippen LogP contribution in [0.25, 0.3) is 0 Å². The van der Waals surface area contributed by atoms with Gasteiger partial charge in [-0.2, -0.15) is 0 Å². The van der Waals surface area contributed by atoms with E-state index in [0.717, 1.165) is 5.56 Å². The first kappa shape index (κ1) is 17.3. The highest BCUT2D eigenvalue weighted by molar-refractivity contribution is 6.30. The molecule has 0 aromatic heterocycles. The van der Waals surface area contributed by atoms with Crippen molar-refractivity contribution in [2.75, 3.05) is 13.7 Å². The van der Waals surface area contributed by atoms with Crippen LogP contribution in [0.1, 0.15) is 24.9 Å². The summed E-state index contributed by atoms with van der Waals surface area (Å²) in [6.07, 6.45) is -0.0375. The lowest BCUT2D eigenvalue weighted by Gasteiger charge is -2.27. The van der Waals surface area contributed by atoms with Gasteiger partial charge in [0.1, 0.15) is 6.04 Å². The third-order valence-corrected chi connectivity index (χ3v) is 3.52. The van der Waals surface area contributed by atoms with Gasteiger partial charge in [-0.1, -0.05) is 23.7 Å². The maximum atomic E-state index is 12.1. The molecule has 1 aromatic rings. The number of rotatable bonds is 6. The van der Waals surface area contributed by atoms with Crippen molar-refractivity contribution in [2.24, 2.45) is 0 Å². The molecule has 0 aliphatic carbocycles. The van der Waals surface area contributed by atoms with Crippen molar-refractivity contribution in [3.8, 4) is 0 Å². The van der Waals surface area contributed by atoms with Crippen LogP contribution in [-0.2, 0) is 4.79 Å². The van der Waals surface area contributed by atoms with Gasteiger partial charge in [-0.15, -0.1) is 0 Å². The van der Waals surface area contributed by atoms with E-state index < -0.39 is 18.0 Å². The Morgan fingerprint density at radius 2 is 1.90 bits per heavy atom. The monoisotopic (exact) mass is 314 g/mol. The van der Waals surface area contributed by atoms with Crippen molar-refractivity contribution in [2.45, 2.75) is 25.4 Å². The maximum absolute atomic E-state index is 12.1. The molecule has 0 saturated carbocycles. The number of benzene rings is 1. The Morgan fingerprint density at radius 1 is 1.33 bits per heavy atom. The van der Waals surface area contributed by atoms with E-state index in [0.29, 0.717) is 5.02 Å². The number of hydrogen-bond acceptors (Lipinski definition) is 3. The molecule has 2 amide bonds. The van der Waals surface area contributed by atoms with Crippen LogP contribution in [0, 0.1) is 0 Å².